The third kappa shape index (κ3) is 5.28. The number of aliphatic hydroxyl groups excluding tert-OH is 1. The van der Waals surface area contributed by atoms with Gasteiger partial charge in [0.25, 0.3) is 0 Å². The van der Waals surface area contributed by atoms with Crippen molar-refractivity contribution in [2.45, 2.75) is 25.2 Å². The number of hydrogen-bond acceptors (Lipinski definition) is 5. The normalized spacial score (nSPS) is 12.9. The fourth-order valence-electron chi connectivity index (χ4n) is 1.54. The van der Waals surface area contributed by atoms with Crippen LogP contribution in [-0.2, 0) is 20.5 Å². The van der Waals surface area contributed by atoms with Gasteiger partial charge in [-0.3, -0.25) is 0 Å². The van der Waals surface area contributed by atoms with E-state index >= 15 is 0 Å². The van der Waals surface area contributed by atoms with Gasteiger partial charge in [-0.05, 0) is 24.1 Å². The topological polar surface area (TPSA) is 92.7 Å². The molecule has 0 bridgehead atoms. The Morgan fingerprint density at radius 3 is 2.75 bits per heavy atom. The fraction of sp³-hybridized carbons (Fsp3) is 0.462. The zero-order valence-corrected chi connectivity index (χ0v) is 12.3. The first-order valence-electron chi connectivity index (χ1n) is 6.20. The Balaban J connectivity index is 2.74. The van der Waals surface area contributed by atoms with Gasteiger partial charge in [0, 0.05) is 6.54 Å². The van der Waals surface area contributed by atoms with Crippen LogP contribution in [-0.4, -0.2) is 39.3 Å². The number of carbonyl (C=O) groups is 1. The maximum absolute atomic E-state index is 11.8. The van der Waals surface area contributed by atoms with E-state index in [1.807, 2.05) is 0 Å². The van der Waals surface area contributed by atoms with E-state index in [1.54, 1.807) is 25.1 Å². The van der Waals surface area contributed by atoms with Crippen molar-refractivity contribution in [2.24, 2.45) is 0 Å². The Labute approximate surface area is 118 Å². The minimum atomic E-state index is -3.55. The molecule has 0 fully saturated rings. The second-order valence-corrected chi connectivity index (χ2v) is 6.17. The lowest BCUT2D eigenvalue weighted by atomic mass is 10.1. The molecule has 7 heteroatoms. The molecule has 6 nitrogen and oxygen atoms in total. The van der Waals surface area contributed by atoms with E-state index in [-0.39, 0.29) is 12.3 Å². The number of esters is 1. The number of hydrogen-bond donors (Lipinski definition) is 2. The van der Waals surface area contributed by atoms with Crippen molar-refractivity contribution < 1.29 is 23.1 Å². The molecule has 0 aliphatic carbocycles. The van der Waals surface area contributed by atoms with Gasteiger partial charge >= 0.3 is 5.97 Å². The molecule has 112 valence electrons. The van der Waals surface area contributed by atoms with Gasteiger partial charge in [0.15, 0.2) is 0 Å². The molecule has 0 aliphatic heterocycles. The average molecular weight is 301 g/mol. The molecule has 0 saturated heterocycles. The number of carbonyl (C=O) groups excluding carboxylic acids is 1. The van der Waals surface area contributed by atoms with Crippen molar-refractivity contribution in [2.75, 3.05) is 13.7 Å². The minimum absolute atomic E-state index is 0.0183. The maximum atomic E-state index is 11.8. The Hall–Kier alpha value is -1.44. The van der Waals surface area contributed by atoms with Crippen molar-refractivity contribution in [3.63, 3.8) is 0 Å². The molecule has 1 aromatic carbocycles. The van der Waals surface area contributed by atoms with Gasteiger partial charge in [-0.2, -0.15) is 0 Å². The first-order valence-corrected chi connectivity index (χ1v) is 7.86. The summed E-state index contributed by atoms with van der Waals surface area (Å²) in [6, 6.07) is 6.23. The van der Waals surface area contributed by atoms with Gasteiger partial charge in [0.2, 0.25) is 10.0 Å². The Bertz CT molecular complexity index is 556. The van der Waals surface area contributed by atoms with Crippen molar-refractivity contribution in [1.82, 2.24) is 4.72 Å². The zero-order chi connectivity index (χ0) is 15.2. The van der Waals surface area contributed by atoms with E-state index in [1.165, 1.54) is 13.2 Å². The summed E-state index contributed by atoms with van der Waals surface area (Å²) >= 11 is 0. The summed E-state index contributed by atoms with van der Waals surface area (Å²) in [5, 5.41) is 9.35. The maximum Gasteiger partial charge on any atom is 0.337 e. The Kier molecular flexibility index (Phi) is 6.12. The first-order chi connectivity index (χ1) is 9.38. The molecule has 20 heavy (non-hydrogen) atoms. The van der Waals surface area contributed by atoms with E-state index in [4.69, 9.17) is 0 Å². The highest BCUT2D eigenvalue weighted by Gasteiger charge is 2.14. The summed E-state index contributed by atoms with van der Waals surface area (Å²) in [6.45, 7) is 1.74. The van der Waals surface area contributed by atoms with Gasteiger partial charge in [0.1, 0.15) is 0 Å². The Morgan fingerprint density at radius 2 is 2.15 bits per heavy atom. The molecule has 0 aromatic heterocycles. The molecule has 1 atom stereocenters. The van der Waals surface area contributed by atoms with Crippen LogP contribution in [0.25, 0.3) is 0 Å². The number of benzene rings is 1. The van der Waals surface area contributed by atoms with Crippen molar-refractivity contribution >= 4 is 16.0 Å². The molecule has 0 radical (unpaired) electrons. The monoisotopic (exact) mass is 301 g/mol. The quantitative estimate of drug-likeness (QED) is 0.722. The van der Waals surface area contributed by atoms with Crippen LogP contribution in [0.3, 0.4) is 0 Å². The average Bonchev–Trinajstić information content (AvgIpc) is 2.43. The lowest BCUT2D eigenvalue weighted by Crippen LogP contribution is -2.32. The van der Waals surface area contributed by atoms with E-state index in [2.05, 4.69) is 9.46 Å². The number of methoxy groups -OCH3 is 1. The van der Waals surface area contributed by atoms with Gasteiger partial charge in [-0.1, -0.05) is 19.1 Å². The number of nitrogens with one attached hydrogen (secondary N) is 1. The van der Waals surface area contributed by atoms with E-state index in [9.17, 15) is 18.3 Å². The van der Waals surface area contributed by atoms with Crippen molar-refractivity contribution in [3.05, 3.63) is 35.4 Å². The van der Waals surface area contributed by atoms with Crippen LogP contribution in [0.4, 0.5) is 0 Å². The molecular weight excluding hydrogens is 282 g/mol. The van der Waals surface area contributed by atoms with Gasteiger partial charge in [-0.15, -0.1) is 0 Å². The number of ether oxygens (including phenoxy) is 1. The van der Waals surface area contributed by atoms with Crippen LogP contribution in [0.2, 0.25) is 0 Å². The molecule has 0 amide bonds. The number of rotatable bonds is 7. The lowest BCUT2D eigenvalue weighted by molar-refractivity contribution is 0.0600. The summed E-state index contributed by atoms with van der Waals surface area (Å²) in [4.78, 5) is 11.4. The van der Waals surface area contributed by atoms with Gasteiger partial charge < -0.3 is 9.84 Å². The third-order valence-electron chi connectivity index (χ3n) is 2.71. The molecule has 2 N–H and O–H groups in total. The second-order valence-electron chi connectivity index (χ2n) is 4.36. The largest absolute Gasteiger partial charge is 0.465 e. The second kappa shape index (κ2) is 7.37. The highest BCUT2D eigenvalue weighted by atomic mass is 32.2. The smallest absolute Gasteiger partial charge is 0.337 e. The van der Waals surface area contributed by atoms with Crippen LogP contribution in [0, 0.1) is 0 Å². The van der Waals surface area contributed by atoms with Crippen LogP contribution in [0.5, 0.6) is 0 Å². The van der Waals surface area contributed by atoms with Crippen LogP contribution < -0.4 is 4.72 Å². The summed E-state index contributed by atoms with van der Waals surface area (Å²) in [6.07, 6.45) is -0.230. The number of sulfonamides is 1. The SMILES string of the molecule is CCC(O)CNS(=O)(=O)Cc1cccc(C(=O)OC)c1. The highest BCUT2D eigenvalue weighted by molar-refractivity contribution is 7.88. The molecule has 0 saturated carbocycles. The molecule has 1 unspecified atom stereocenters. The molecular formula is C13H19NO5S. The Morgan fingerprint density at radius 1 is 1.45 bits per heavy atom. The van der Waals surface area contributed by atoms with E-state index < -0.39 is 22.1 Å². The summed E-state index contributed by atoms with van der Waals surface area (Å²) < 4.78 is 30.6. The van der Waals surface area contributed by atoms with E-state index in [0.717, 1.165) is 0 Å². The minimum Gasteiger partial charge on any atom is -0.465 e. The van der Waals surface area contributed by atoms with Crippen LogP contribution in [0.1, 0.15) is 29.3 Å². The van der Waals surface area contributed by atoms with Crippen molar-refractivity contribution in [3.8, 4) is 0 Å². The fourth-order valence-corrected chi connectivity index (χ4v) is 2.71. The van der Waals surface area contributed by atoms with Crippen LogP contribution in [0.15, 0.2) is 24.3 Å². The van der Waals surface area contributed by atoms with E-state index in [0.29, 0.717) is 17.5 Å². The molecule has 0 spiro atoms. The highest BCUT2D eigenvalue weighted by Crippen LogP contribution is 2.09. The summed E-state index contributed by atoms with van der Waals surface area (Å²) in [5.41, 5.74) is 0.778. The predicted molar refractivity (Wildman–Crippen MR) is 74.7 cm³/mol. The van der Waals surface area contributed by atoms with Crippen LogP contribution >= 0.6 is 0 Å². The van der Waals surface area contributed by atoms with Gasteiger partial charge in [-0.25, -0.2) is 17.9 Å². The molecule has 1 rings (SSSR count). The standard InChI is InChI=1S/C13H19NO5S/c1-3-12(15)8-14-20(17,18)9-10-5-4-6-11(7-10)13(16)19-2/h4-7,12,14-15H,3,8-9H2,1-2H3. The number of aliphatic hydroxyl groups is 1. The zero-order valence-electron chi connectivity index (χ0n) is 11.5. The van der Waals surface area contributed by atoms with Gasteiger partial charge in [0.05, 0.1) is 24.5 Å². The predicted octanol–water partition coefficient (Wildman–Crippen LogP) is 0.663. The van der Waals surface area contributed by atoms with Crippen molar-refractivity contribution in [1.29, 1.82) is 0 Å². The molecule has 0 aliphatic rings. The lowest BCUT2D eigenvalue weighted by Gasteiger charge is -2.10. The molecule has 0 heterocycles. The molecule has 1 aromatic rings. The summed E-state index contributed by atoms with van der Waals surface area (Å²) in [7, 11) is -2.29. The summed E-state index contributed by atoms with van der Waals surface area (Å²) in [5.74, 6) is -0.771. The third-order valence-corrected chi connectivity index (χ3v) is 4.03. The first kappa shape index (κ1) is 16.6.